The monoisotopic (exact) mass is 338 g/mol. The first kappa shape index (κ1) is 18.3. The minimum atomic E-state index is -4.49. The number of amides is 1. The molecule has 0 aliphatic heterocycles. The minimum Gasteiger partial charge on any atom is -0.330 e. The van der Waals surface area contributed by atoms with E-state index in [-0.39, 0.29) is 17.8 Å². The van der Waals surface area contributed by atoms with Crippen LogP contribution in [0.1, 0.15) is 23.7 Å². The molecule has 0 saturated heterocycles. The molecule has 0 aromatic heterocycles. The van der Waals surface area contributed by atoms with Crippen molar-refractivity contribution < 1.29 is 26.4 Å². The van der Waals surface area contributed by atoms with E-state index in [9.17, 15) is 26.4 Å². The number of nitrogens with one attached hydrogen (secondary N) is 1. The molecule has 1 aromatic rings. The summed E-state index contributed by atoms with van der Waals surface area (Å²) in [6.45, 7) is 0.282. The molecule has 1 aromatic carbocycles. The van der Waals surface area contributed by atoms with Crippen molar-refractivity contribution in [3.63, 3.8) is 0 Å². The molecular weight excluding hydrogens is 321 g/mol. The van der Waals surface area contributed by atoms with E-state index in [1.54, 1.807) is 6.92 Å². The Bertz CT molecular complexity index is 630. The molecule has 1 rings (SSSR count). The lowest BCUT2D eigenvalue weighted by Crippen LogP contribution is -2.39. The summed E-state index contributed by atoms with van der Waals surface area (Å²) in [6.07, 6.45) is -3.18. The highest BCUT2D eigenvalue weighted by Gasteiger charge is 2.33. The van der Waals surface area contributed by atoms with Crippen LogP contribution in [0.2, 0.25) is 0 Å². The standard InChI is InChI=1S/C13H17F3N2O3S/c1-3-7-18(9-13(14,15)16)12(19)10-5-4-6-11(8-10)17-22(2,20)21/h4-6,8,17H,3,7,9H2,1-2H3. The van der Waals surface area contributed by atoms with Gasteiger partial charge in [-0.25, -0.2) is 8.42 Å². The van der Waals surface area contributed by atoms with Crippen LogP contribution in [-0.4, -0.2) is 44.7 Å². The van der Waals surface area contributed by atoms with E-state index in [0.29, 0.717) is 11.3 Å². The Morgan fingerprint density at radius 3 is 2.45 bits per heavy atom. The number of alkyl halides is 3. The predicted molar refractivity (Wildman–Crippen MR) is 77.2 cm³/mol. The SMILES string of the molecule is CCCN(CC(F)(F)F)C(=O)c1cccc(NS(C)(=O)=O)c1. The molecular formula is C13H17F3N2O3S. The summed E-state index contributed by atoms with van der Waals surface area (Å²) in [5.74, 6) is -0.795. The third-order valence-corrected chi connectivity index (χ3v) is 3.17. The van der Waals surface area contributed by atoms with Crippen molar-refractivity contribution in [2.45, 2.75) is 19.5 Å². The van der Waals surface area contributed by atoms with Crippen LogP contribution in [0.3, 0.4) is 0 Å². The van der Waals surface area contributed by atoms with E-state index in [1.165, 1.54) is 24.3 Å². The summed E-state index contributed by atoms with van der Waals surface area (Å²) in [6, 6.07) is 5.36. The van der Waals surface area contributed by atoms with Crippen molar-refractivity contribution in [2.24, 2.45) is 0 Å². The molecule has 5 nitrogen and oxygen atoms in total. The van der Waals surface area contributed by atoms with Gasteiger partial charge in [-0.15, -0.1) is 0 Å². The van der Waals surface area contributed by atoms with Gasteiger partial charge in [0.2, 0.25) is 10.0 Å². The van der Waals surface area contributed by atoms with Gasteiger partial charge in [0.1, 0.15) is 6.54 Å². The highest BCUT2D eigenvalue weighted by atomic mass is 32.2. The molecule has 0 aliphatic rings. The number of carbonyl (C=O) groups excluding carboxylic acids is 1. The lowest BCUT2D eigenvalue weighted by molar-refractivity contribution is -0.140. The number of nitrogens with zero attached hydrogens (tertiary/aromatic N) is 1. The second-order valence-electron chi connectivity index (χ2n) is 4.80. The molecule has 9 heteroatoms. The van der Waals surface area contributed by atoms with Gasteiger partial charge in [-0.3, -0.25) is 9.52 Å². The third-order valence-electron chi connectivity index (χ3n) is 2.56. The van der Waals surface area contributed by atoms with E-state index < -0.39 is 28.7 Å². The zero-order valence-electron chi connectivity index (χ0n) is 12.1. The van der Waals surface area contributed by atoms with Gasteiger partial charge in [-0.1, -0.05) is 13.0 Å². The van der Waals surface area contributed by atoms with Gasteiger partial charge in [-0.2, -0.15) is 13.2 Å². The van der Waals surface area contributed by atoms with Crippen molar-refractivity contribution in [1.82, 2.24) is 4.90 Å². The van der Waals surface area contributed by atoms with Gasteiger partial charge >= 0.3 is 6.18 Å². The first-order valence-electron chi connectivity index (χ1n) is 6.45. The minimum absolute atomic E-state index is 0.00801. The molecule has 0 radical (unpaired) electrons. The van der Waals surface area contributed by atoms with Crippen molar-refractivity contribution in [3.8, 4) is 0 Å². The largest absolute Gasteiger partial charge is 0.406 e. The maximum absolute atomic E-state index is 12.5. The molecule has 0 saturated carbocycles. The lowest BCUT2D eigenvalue weighted by atomic mass is 10.1. The molecule has 0 fully saturated rings. The van der Waals surface area contributed by atoms with Crippen molar-refractivity contribution in [3.05, 3.63) is 29.8 Å². The Labute approximate surface area is 127 Å². The number of sulfonamides is 1. The average Bonchev–Trinajstić information content (AvgIpc) is 2.34. The number of benzene rings is 1. The van der Waals surface area contributed by atoms with Gasteiger partial charge in [0.25, 0.3) is 5.91 Å². The van der Waals surface area contributed by atoms with Crippen LogP contribution in [0.4, 0.5) is 18.9 Å². The lowest BCUT2D eigenvalue weighted by Gasteiger charge is -2.23. The van der Waals surface area contributed by atoms with Crippen LogP contribution >= 0.6 is 0 Å². The van der Waals surface area contributed by atoms with Gasteiger partial charge in [0.05, 0.1) is 6.26 Å². The van der Waals surface area contributed by atoms with Crippen LogP contribution in [0.25, 0.3) is 0 Å². The Morgan fingerprint density at radius 2 is 1.95 bits per heavy atom. The Morgan fingerprint density at radius 1 is 1.32 bits per heavy atom. The number of carbonyl (C=O) groups is 1. The number of anilines is 1. The quantitative estimate of drug-likeness (QED) is 0.866. The van der Waals surface area contributed by atoms with E-state index in [2.05, 4.69) is 4.72 Å². The van der Waals surface area contributed by atoms with Crippen LogP contribution in [0.15, 0.2) is 24.3 Å². The van der Waals surface area contributed by atoms with Gasteiger partial charge in [0, 0.05) is 17.8 Å². The fourth-order valence-electron chi connectivity index (χ4n) is 1.85. The molecule has 0 heterocycles. The fourth-order valence-corrected chi connectivity index (χ4v) is 2.41. The van der Waals surface area contributed by atoms with Gasteiger partial charge < -0.3 is 4.90 Å². The first-order valence-corrected chi connectivity index (χ1v) is 8.35. The smallest absolute Gasteiger partial charge is 0.330 e. The summed E-state index contributed by atoms with van der Waals surface area (Å²) in [5.41, 5.74) is 0.114. The Hall–Kier alpha value is -1.77. The Kier molecular flexibility index (Phi) is 5.81. The third kappa shape index (κ3) is 6.33. The molecule has 0 spiro atoms. The van der Waals surface area contributed by atoms with Crippen molar-refractivity contribution >= 4 is 21.6 Å². The zero-order chi connectivity index (χ0) is 17.0. The highest BCUT2D eigenvalue weighted by molar-refractivity contribution is 7.92. The fraction of sp³-hybridized carbons (Fsp3) is 0.462. The van der Waals surface area contributed by atoms with Crippen molar-refractivity contribution in [2.75, 3.05) is 24.1 Å². The molecule has 0 atom stereocenters. The van der Waals surface area contributed by atoms with E-state index in [0.717, 1.165) is 6.26 Å². The first-order chi connectivity index (χ1) is 10.0. The maximum atomic E-state index is 12.5. The number of hydrogen-bond acceptors (Lipinski definition) is 3. The van der Waals surface area contributed by atoms with Crippen molar-refractivity contribution in [1.29, 1.82) is 0 Å². The Balaban J connectivity index is 3.01. The van der Waals surface area contributed by atoms with Crippen LogP contribution < -0.4 is 4.72 Å². The highest BCUT2D eigenvalue weighted by Crippen LogP contribution is 2.20. The number of hydrogen-bond donors (Lipinski definition) is 1. The summed E-state index contributed by atoms with van der Waals surface area (Å²) in [4.78, 5) is 12.9. The average molecular weight is 338 g/mol. The normalized spacial score (nSPS) is 12.0. The van der Waals surface area contributed by atoms with Crippen LogP contribution in [0.5, 0.6) is 0 Å². The summed E-state index contributed by atoms with van der Waals surface area (Å²) < 4.78 is 62.0. The zero-order valence-corrected chi connectivity index (χ0v) is 13.0. The van der Waals surface area contributed by atoms with E-state index >= 15 is 0 Å². The second kappa shape index (κ2) is 6.99. The molecule has 0 unspecified atom stereocenters. The molecule has 0 aliphatic carbocycles. The van der Waals surface area contributed by atoms with E-state index in [4.69, 9.17) is 0 Å². The summed E-state index contributed by atoms with van der Waals surface area (Å²) in [5, 5.41) is 0. The van der Waals surface area contributed by atoms with E-state index in [1.807, 2.05) is 0 Å². The van der Waals surface area contributed by atoms with Gasteiger partial charge in [0.15, 0.2) is 0 Å². The molecule has 22 heavy (non-hydrogen) atoms. The summed E-state index contributed by atoms with van der Waals surface area (Å²) in [7, 11) is -3.53. The van der Waals surface area contributed by atoms with Crippen LogP contribution in [-0.2, 0) is 10.0 Å². The maximum Gasteiger partial charge on any atom is 0.406 e. The number of halogens is 3. The second-order valence-corrected chi connectivity index (χ2v) is 6.55. The molecule has 0 bridgehead atoms. The molecule has 1 amide bonds. The molecule has 124 valence electrons. The topological polar surface area (TPSA) is 66.5 Å². The number of rotatable bonds is 6. The summed E-state index contributed by atoms with van der Waals surface area (Å²) >= 11 is 0. The molecule has 1 N–H and O–H groups in total. The van der Waals surface area contributed by atoms with Crippen LogP contribution in [0, 0.1) is 0 Å². The predicted octanol–water partition coefficient (Wildman–Crippen LogP) is 2.47. The van der Waals surface area contributed by atoms with Gasteiger partial charge in [-0.05, 0) is 24.6 Å².